The molecule has 0 aromatic heterocycles. The van der Waals surface area contributed by atoms with E-state index in [4.69, 9.17) is 9.84 Å². The van der Waals surface area contributed by atoms with Crippen LogP contribution in [0.5, 0.6) is 0 Å². The van der Waals surface area contributed by atoms with Gasteiger partial charge in [0.1, 0.15) is 0 Å². The van der Waals surface area contributed by atoms with Gasteiger partial charge in [0.15, 0.2) is 0 Å². The molecule has 0 aliphatic carbocycles. The SMILES string of the molecule is [CH2]C(O)CN1CC(C)OC(C)C1. The lowest BCUT2D eigenvalue weighted by atomic mass is 10.2. The van der Waals surface area contributed by atoms with Gasteiger partial charge in [0.2, 0.25) is 0 Å². The Morgan fingerprint density at radius 2 is 2.00 bits per heavy atom. The van der Waals surface area contributed by atoms with Gasteiger partial charge in [0, 0.05) is 19.6 Å². The summed E-state index contributed by atoms with van der Waals surface area (Å²) in [6.45, 7) is 10.1. The quantitative estimate of drug-likeness (QED) is 0.650. The minimum atomic E-state index is -0.484. The molecular formula is C9H18NO2. The summed E-state index contributed by atoms with van der Waals surface area (Å²) in [5.41, 5.74) is 0. The van der Waals surface area contributed by atoms with Crippen LogP contribution < -0.4 is 0 Å². The lowest BCUT2D eigenvalue weighted by molar-refractivity contribution is -0.0739. The smallest absolute Gasteiger partial charge is 0.0678 e. The van der Waals surface area contributed by atoms with Crippen LogP contribution in [-0.2, 0) is 4.74 Å². The molecule has 1 rings (SSSR count). The minimum absolute atomic E-state index is 0.271. The minimum Gasteiger partial charge on any atom is -0.392 e. The summed E-state index contributed by atoms with van der Waals surface area (Å²) in [5.74, 6) is 0. The highest BCUT2D eigenvalue weighted by atomic mass is 16.5. The molecule has 1 heterocycles. The number of aliphatic hydroxyl groups excluding tert-OH is 1. The highest BCUT2D eigenvalue weighted by molar-refractivity contribution is 4.75. The van der Waals surface area contributed by atoms with Gasteiger partial charge in [0.05, 0.1) is 18.3 Å². The zero-order valence-electron chi connectivity index (χ0n) is 7.86. The third-order valence-corrected chi connectivity index (χ3v) is 1.96. The molecule has 1 radical (unpaired) electrons. The monoisotopic (exact) mass is 172 g/mol. The van der Waals surface area contributed by atoms with Crippen LogP contribution in [0.4, 0.5) is 0 Å². The summed E-state index contributed by atoms with van der Waals surface area (Å²) in [7, 11) is 0. The summed E-state index contributed by atoms with van der Waals surface area (Å²) in [6.07, 6.45) is 0.0579. The van der Waals surface area contributed by atoms with E-state index in [2.05, 4.69) is 25.7 Å². The van der Waals surface area contributed by atoms with Crippen molar-refractivity contribution in [1.82, 2.24) is 4.90 Å². The summed E-state index contributed by atoms with van der Waals surface area (Å²) >= 11 is 0. The Morgan fingerprint density at radius 3 is 2.42 bits per heavy atom. The van der Waals surface area contributed by atoms with Crippen LogP contribution in [0.1, 0.15) is 13.8 Å². The molecule has 0 spiro atoms. The van der Waals surface area contributed by atoms with Gasteiger partial charge in [-0.25, -0.2) is 0 Å². The molecule has 0 saturated carbocycles. The van der Waals surface area contributed by atoms with Crippen LogP contribution in [0.15, 0.2) is 0 Å². The highest BCUT2D eigenvalue weighted by Crippen LogP contribution is 2.10. The van der Waals surface area contributed by atoms with Gasteiger partial charge in [-0.2, -0.15) is 0 Å². The van der Waals surface area contributed by atoms with Crippen molar-refractivity contribution in [1.29, 1.82) is 0 Å². The first-order chi connectivity index (χ1) is 5.58. The van der Waals surface area contributed by atoms with E-state index in [1.807, 2.05) is 0 Å². The number of ether oxygens (including phenoxy) is 1. The molecule has 71 valence electrons. The molecular weight excluding hydrogens is 154 g/mol. The standard InChI is InChI=1S/C9H18NO2/c1-7(11)4-10-5-8(2)12-9(3)6-10/h7-9,11H,1,4-6H2,2-3H3. The second-order valence-corrected chi connectivity index (χ2v) is 3.63. The van der Waals surface area contributed by atoms with Crippen molar-refractivity contribution < 1.29 is 9.84 Å². The predicted octanol–water partition coefficient (Wildman–Crippen LogP) is 0.291. The van der Waals surface area contributed by atoms with Crippen LogP contribution in [-0.4, -0.2) is 48.0 Å². The van der Waals surface area contributed by atoms with E-state index in [9.17, 15) is 0 Å². The highest BCUT2D eigenvalue weighted by Gasteiger charge is 2.22. The zero-order chi connectivity index (χ0) is 9.14. The first-order valence-corrected chi connectivity index (χ1v) is 4.47. The Bertz CT molecular complexity index is 126. The Balaban J connectivity index is 2.34. The number of nitrogens with zero attached hydrogens (tertiary/aromatic N) is 1. The van der Waals surface area contributed by atoms with E-state index in [0.29, 0.717) is 6.54 Å². The third-order valence-electron chi connectivity index (χ3n) is 1.96. The number of rotatable bonds is 2. The largest absolute Gasteiger partial charge is 0.392 e. The molecule has 0 aromatic rings. The summed E-state index contributed by atoms with van der Waals surface area (Å²) in [4.78, 5) is 2.19. The van der Waals surface area contributed by atoms with Crippen LogP contribution in [0.3, 0.4) is 0 Å². The lowest BCUT2D eigenvalue weighted by Gasteiger charge is -2.35. The first-order valence-electron chi connectivity index (χ1n) is 4.47. The number of β-amino-alcohol motifs (C(OH)–C–C–N with tert-alkyl or cyclic N) is 1. The van der Waals surface area contributed by atoms with Crippen LogP contribution in [0, 0.1) is 6.92 Å². The van der Waals surface area contributed by atoms with Gasteiger partial charge in [-0.3, -0.25) is 4.90 Å². The van der Waals surface area contributed by atoms with Crippen molar-refractivity contribution in [3.05, 3.63) is 6.92 Å². The van der Waals surface area contributed by atoms with Gasteiger partial charge in [-0.05, 0) is 20.8 Å². The van der Waals surface area contributed by atoms with Crippen LogP contribution in [0.2, 0.25) is 0 Å². The molecule has 1 aliphatic heterocycles. The maximum absolute atomic E-state index is 9.08. The van der Waals surface area contributed by atoms with E-state index in [1.54, 1.807) is 0 Å². The fourth-order valence-corrected chi connectivity index (χ4v) is 1.73. The van der Waals surface area contributed by atoms with Gasteiger partial charge in [0.25, 0.3) is 0 Å². The fourth-order valence-electron chi connectivity index (χ4n) is 1.73. The van der Waals surface area contributed by atoms with E-state index in [0.717, 1.165) is 13.1 Å². The Hall–Kier alpha value is -0.120. The molecule has 3 unspecified atom stereocenters. The lowest BCUT2D eigenvalue weighted by Crippen LogP contribution is -2.47. The van der Waals surface area contributed by atoms with Crippen LogP contribution in [0.25, 0.3) is 0 Å². The first kappa shape index (κ1) is 9.96. The topological polar surface area (TPSA) is 32.7 Å². The normalized spacial score (nSPS) is 35.0. The number of morpholine rings is 1. The fraction of sp³-hybridized carbons (Fsp3) is 0.889. The zero-order valence-corrected chi connectivity index (χ0v) is 7.86. The van der Waals surface area contributed by atoms with Crippen molar-refractivity contribution in [2.24, 2.45) is 0 Å². The number of hydrogen-bond acceptors (Lipinski definition) is 3. The van der Waals surface area contributed by atoms with Crippen molar-refractivity contribution in [2.45, 2.75) is 32.2 Å². The summed E-state index contributed by atoms with van der Waals surface area (Å²) in [5, 5.41) is 9.08. The molecule has 0 bridgehead atoms. The van der Waals surface area contributed by atoms with Gasteiger partial charge < -0.3 is 9.84 Å². The average Bonchev–Trinajstić information content (AvgIpc) is 1.81. The molecule has 0 aromatic carbocycles. The molecule has 0 amide bonds. The summed E-state index contributed by atoms with van der Waals surface area (Å²) in [6, 6.07) is 0. The molecule has 1 N–H and O–H groups in total. The molecule has 1 fully saturated rings. The van der Waals surface area contributed by atoms with E-state index in [1.165, 1.54) is 0 Å². The predicted molar refractivity (Wildman–Crippen MR) is 47.8 cm³/mol. The van der Waals surface area contributed by atoms with Gasteiger partial charge >= 0.3 is 0 Å². The molecule has 3 nitrogen and oxygen atoms in total. The molecule has 1 aliphatic rings. The van der Waals surface area contributed by atoms with Crippen molar-refractivity contribution in [3.63, 3.8) is 0 Å². The second-order valence-electron chi connectivity index (χ2n) is 3.63. The molecule has 12 heavy (non-hydrogen) atoms. The van der Waals surface area contributed by atoms with Crippen molar-refractivity contribution in [2.75, 3.05) is 19.6 Å². The number of aliphatic hydroxyl groups is 1. The molecule has 1 saturated heterocycles. The summed E-state index contributed by atoms with van der Waals surface area (Å²) < 4.78 is 5.55. The van der Waals surface area contributed by atoms with E-state index < -0.39 is 6.10 Å². The molecule has 3 atom stereocenters. The third kappa shape index (κ3) is 3.09. The molecule has 3 heteroatoms. The average molecular weight is 172 g/mol. The van der Waals surface area contributed by atoms with E-state index >= 15 is 0 Å². The second kappa shape index (κ2) is 4.21. The van der Waals surface area contributed by atoms with Crippen molar-refractivity contribution in [3.8, 4) is 0 Å². The maximum atomic E-state index is 9.08. The Labute approximate surface area is 74.3 Å². The number of hydrogen-bond donors (Lipinski definition) is 1. The van der Waals surface area contributed by atoms with Crippen LogP contribution >= 0.6 is 0 Å². The Morgan fingerprint density at radius 1 is 1.50 bits per heavy atom. The van der Waals surface area contributed by atoms with Gasteiger partial charge in [-0.1, -0.05) is 0 Å². The van der Waals surface area contributed by atoms with Gasteiger partial charge in [-0.15, -0.1) is 0 Å². The van der Waals surface area contributed by atoms with Crippen molar-refractivity contribution >= 4 is 0 Å². The Kier molecular flexibility index (Phi) is 3.50. The maximum Gasteiger partial charge on any atom is 0.0678 e. The van der Waals surface area contributed by atoms with E-state index in [-0.39, 0.29) is 12.2 Å².